The number of hydrogen-bond donors (Lipinski definition) is 1. The first-order valence-electron chi connectivity index (χ1n) is 5.40. The summed E-state index contributed by atoms with van der Waals surface area (Å²) >= 11 is 15.0. The van der Waals surface area contributed by atoms with Gasteiger partial charge in [-0.1, -0.05) is 23.2 Å². The zero-order chi connectivity index (χ0) is 14.0. The Morgan fingerprint density at radius 1 is 1.42 bits per heavy atom. The molecule has 0 unspecified atom stereocenters. The minimum absolute atomic E-state index is 0.132. The largest absolute Gasteiger partial charge is 0.324 e. The summed E-state index contributed by atoms with van der Waals surface area (Å²) in [6.45, 7) is 1.99. The Morgan fingerprint density at radius 2 is 2.16 bits per heavy atom. The molecule has 0 atom stereocenters. The van der Waals surface area contributed by atoms with Crippen molar-refractivity contribution in [2.75, 3.05) is 5.32 Å². The number of nitrogens with zero attached hydrogens (tertiary/aromatic N) is 2. The molecular formula is C12H10BrCl2N3O. The molecular weight excluding hydrogens is 353 g/mol. The molecule has 1 amide bonds. The van der Waals surface area contributed by atoms with Crippen molar-refractivity contribution in [3.63, 3.8) is 0 Å². The van der Waals surface area contributed by atoms with Crippen LogP contribution in [0.3, 0.4) is 0 Å². The minimum atomic E-state index is -0.187. The van der Waals surface area contributed by atoms with Gasteiger partial charge < -0.3 is 5.32 Å². The second kappa shape index (κ2) is 5.94. The maximum absolute atomic E-state index is 11.8. The number of anilines is 1. The molecule has 0 saturated carbocycles. The van der Waals surface area contributed by atoms with Crippen molar-refractivity contribution in [3.05, 3.63) is 44.6 Å². The predicted molar refractivity (Wildman–Crippen MR) is 79.8 cm³/mol. The van der Waals surface area contributed by atoms with Crippen molar-refractivity contribution in [1.29, 1.82) is 0 Å². The molecule has 0 spiro atoms. The van der Waals surface area contributed by atoms with Gasteiger partial charge in [-0.25, -0.2) is 0 Å². The third-order valence-corrected chi connectivity index (χ3v) is 3.91. The van der Waals surface area contributed by atoms with Gasteiger partial charge in [0, 0.05) is 11.9 Å². The van der Waals surface area contributed by atoms with Gasteiger partial charge in [0.2, 0.25) is 5.91 Å². The summed E-state index contributed by atoms with van der Waals surface area (Å²) in [5.41, 5.74) is 1.43. The van der Waals surface area contributed by atoms with E-state index in [1.807, 2.05) is 6.92 Å². The van der Waals surface area contributed by atoms with E-state index in [1.165, 1.54) is 0 Å². The number of aryl methyl sites for hydroxylation is 1. The monoisotopic (exact) mass is 361 g/mol. The SMILES string of the molecule is Cc1nn(CC(=O)Nc2ccc(Cl)c(Cl)c2)cc1Br. The summed E-state index contributed by atoms with van der Waals surface area (Å²) in [4.78, 5) is 11.8. The molecule has 4 nitrogen and oxygen atoms in total. The topological polar surface area (TPSA) is 46.9 Å². The molecule has 19 heavy (non-hydrogen) atoms. The van der Waals surface area contributed by atoms with Crippen LogP contribution in [0.5, 0.6) is 0 Å². The Balaban J connectivity index is 2.03. The number of nitrogens with one attached hydrogen (secondary N) is 1. The molecule has 1 aromatic carbocycles. The van der Waals surface area contributed by atoms with Crippen LogP contribution in [-0.4, -0.2) is 15.7 Å². The fraction of sp³-hybridized carbons (Fsp3) is 0.167. The number of hydrogen-bond acceptors (Lipinski definition) is 2. The fourth-order valence-electron chi connectivity index (χ4n) is 1.50. The van der Waals surface area contributed by atoms with Crippen molar-refractivity contribution in [1.82, 2.24) is 9.78 Å². The Kier molecular flexibility index (Phi) is 4.50. The lowest BCUT2D eigenvalue weighted by Crippen LogP contribution is -2.19. The van der Waals surface area contributed by atoms with Crippen LogP contribution in [-0.2, 0) is 11.3 Å². The van der Waals surface area contributed by atoms with Crippen LogP contribution < -0.4 is 5.32 Å². The van der Waals surface area contributed by atoms with E-state index in [2.05, 4.69) is 26.3 Å². The smallest absolute Gasteiger partial charge is 0.246 e. The van der Waals surface area contributed by atoms with Gasteiger partial charge in [0.05, 0.1) is 20.2 Å². The molecule has 0 bridgehead atoms. The average Bonchev–Trinajstić information content (AvgIpc) is 2.63. The highest BCUT2D eigenvalue weighted by atomic mass is 79.9. The molecule has 100 valence electrons. The standard InChI is InChI=1S/C12H10BrCl2N3O/c1-7-9(13)5-18(17-7)6-12(19)16-8-2-3-10(14)11(15)4-8/h2-5H,6H2,1H3,(H,16,19). The second-order valence-electron chi connectivity index (χ2n) is 3.94. The summed E-state index contributed by atoms with van der Waals surface area (Å²) in [6.07, 6.45) is 1.75. The molecule has 0 fully saturated rings. The minimum Gasteiger partial charge on any atom is -0.324 e. The van der Waals surface area contributed by atoms with Gasteiger partial charge in [0.1, 0.15) is 6.54 Å². The molecule has 2 aromatic rings. The predicted octanol–water partition coefficient (Wildman–Crippen LogP) is 3.90. The summed E-state index contributed by atoms with van der Waals surface area (Å²) in [5, 5.41) is 7.76. The van der Waals surface area contributed by atoms with E-state index in [0.29, 0.717) is 15.7 Å². The third kappa shape index (κ3) is 3.72. The third-order valence-electron chi connectivity index (χ3n) is 2.40. The van der Waals surface area contributed by atoms with Gasteiger partial charge in [-0.15, -0.1) is 0 Å². The molecule has 0 saturated heterocycles. The van der Waals surface area contributed by atoms with E-state index >= 15 is 0 Å². The summed E-state index contributed by atoms with van der Waals surface area (Å²) < 4.78 is 2.43. The maximum atomic E-state index is 11.8. The lowest BCUT2D eigenvalue weighted by molar-refractivity contribution is -0.116. The first kappa shape index (κ1) is 14.4. The number of benzene rings is 1. The maximum Gasteiger partial charge on any atom is 0.246 e. The van der Waals surface area contributed by atoms with E-state index in [0.717, 1.165) is 10.2 Å². The first-order chi connectivity index (χ1) is 8.95. The van der Waals surface area contributed by atoms with E-state index in [1.54, 1.807) is 29.1 Å². The number of carbonyl (C=O) groups excluding carboxylic acids is 1. The van der Waals surface area contributed by atoms with Gasteiger partial charge in [-0.05, 0) is 41.1 Å². The molecule has 0 radical (unpaired) electrons. The van der Waals surface area contributed by atoms with Crippen LogP contribution in [0.25, 0.3) is 0 Å². The van der Waals surface area contributed by atoms with Crippen LogP contribution in [0.4, 0.5) is 5.69 Å². The summed E-state index contributed by atoms with van der Waals surface area (Å²) in [6, 6.07) is 4.93. The number of aromatic nitrogens is 2. The number of amides is 1. The highest BCUT2D eigenvalue weighted by Gasteiger charge is 2.08. The molecule has 1 N–H and O–H groups in total. The highest BCUT2D eigenvalue weighted by Crippen LogP contribution is 2.25. The van der Waals surface area contributed by atoms with Crippen LogP contribution in [0.1, 0.15) is 5.69 Å². The van der Waals surface area contributed by atoms with Crippen LogP contribution in [0.2, 0.25) is 10.0 Å². The Labute approximate surface area is 128 Å². The number of rotatable bonds is 3. The van der Waals surface area contributed by atoms with E-state index in [-0.39, 0.29) is 12.5 Å². The van der Waals surface area contributed by atoms with E-state index in [9.17, 15) is 4.79 Å². The van der Waals surface area contributed by atoms with Crippen LogP contribution in [0, 0.1) is 6.92 Å². The highest BCUT2D eigenvalue weighted by molar-refractivity contribution is 9.10. The van der Waals surface area contributed by atoms with Crippen molar-refractivity contribution in [3.8, 4) is 0 Å². The van der Waals surface area contributed by atoms with E-state index in [4.69, 9.17) is 23.2 Å². The summed E-state index contributed by atoms with van der Waals surface area (Å²) in [5.74, 6) is -0.187. The van der Waals surface area contributed by atoms with Gasteiger partial charge in [-0.3, -0.25) is 9.48 Å². The van der Waals surface area contributed by atoms with Crippen LogP contribution >= 0.6 is 39.1 Å². The zero-order valence-corrected chi connectivity index (χ0v) is 13.1. The van der Waals surface area contributed by atoms with Crippen molar-refractivity contribution in [2.45, 2.75) is 13.5 Å². The Bertz CT molecular complexity index is 608. The average molecular weight is 363 g/mol. The fourth-order valence-corrected chi connectivity index (χ4v) is 2.11. The second-order valence-corrected chi connectivity index (χ2v) is 5.61. The molecule has 1 aromatic heterocycles. The lowest BCUT2D eigenvalue weighted by atomic mass is 10.3. The van der Waals surface area contributed by atoms with Gasteiger partial charge in [-0.2, -0.15) is 5.10 Å². The normalized spacial score (nSPS) is 10.5. The number of halogens is 3. The molecule has 0 aliphatic carbocycles. The van der Waals surface area contributed by atoms with Gasteiger partial charge in [0.25, 0.3) is 0 Å². The Hall–Kier alpha value is -1.04. The first-order valence-corrected chi connectivity index (χ1v) is 6.95. The van der Waals surface area contributed by atoms with Gasteiger partial charge in [0.15, 0.2) is 0 Å². The lowest BCUT2D eigenvalue weighted by Gasteiger charge is -2.06. The molecule has 0 aliphatic rings. The molecule has 7 heteroatoms. The van der Waals surface area contributed by atoms with Crippen molar-refractivity contribution in [2.24, 2.45) is 0 Å². The molecule has 2 rings (SSSR count). The molecule has 0 aliphatic heterocycles. The van der Waals surface area contributed by atoms with Crippen molar-refractivity contribution < 1.29 is 4.79 Å². The summed E-state index contributed by atoms with van der Waals surface area (Å²) in [7, 11) is 0. The van der Waals surface area contributed by atoms with Crippen molar-refractivity contribution >= 4 is 50.7 Å². The van der Waals surface area contributed by atoms with E-state index < -0.39 is 0 Å². The number of carbonyl (C=O) groups is 1. The van der Waals surface area contributed by atoms with Crippen LogP contribution in [0.15, 0.2) is 28.9 Å². The quantitative estimate of drug-likeness (QED) is 0.899. The zero-order valence-electron chi connectivity index (χ0n) is 9.95. The Morgan fingerprint density at radius 3 is 2.74 bits per heavy atom. The van der Waals surface area contributed by atoms with Gasteiger partial charge >= 0.3 is 0 Å². The molecule has 1 heterocycles.